The molecule has 1 aliphatic rings. The van der Waals surface area contributed by atoms with Gasteiger partial charge in [-0.2, -0.15) is 0 Å². The fraction of sp³-hybridized carbons (Fsp3) is 0.250. The van der Waals surface area contributed by atoms with Crippen molar-refractivity contribution in [3.8, 4) is 0 Å². The Morgan fingerprint density at radius 1 is 1.20 bits per heavy atom. The third-order valence-corrected chi connectivity index (χ3v) is 6.06. The van der Waals surface area contributed by atoms with Crippen molar-refractivity contribution in [1.82, 2.24) is 24.8 Å². The van der Waals surface area contributed by atoms with Gasteiger partial charge in [-0.1, -0.05) is 12.1 Å². The molecule has 0 unspecified atom stereocenters. The Kier molecular flexibility index (Phi) is 5.77. The highest BCUT2D eigenvalue weighted by atomic mass is 32.2. The summed E-state index contributed by atoms with van der Waals surface area (Å²) in [5.74, 6) is 0.993. The molecule has 30 heavy (non-hydrogen) atoms. The van der Waals surface area contributed by atoms with Gasteiger partial charge in [0, 0.05) is 12.1 Å². The number of aromatic nitrogens is 3. The zero-order valence-electron chi connectivity index (χ0n) is 16.1. The maximum atomic E-state index is 12.3. The van der Waals surface area contributed by atoms with Crippen LogP contribution in [-0.4, -0.2) is 29.1 Å². The van der Waals surface area contributed by atoms with E-state index in [9.17, 15) is 13.2 Å². The van der Waals surface area contributed by atoms with Crippen molar-refractivity contribution in [3.63, 3.8) is 0 Å². The molecule has 10 heteroatoms. The molecule has 2 aromatic heterocycles. The molecule has 0 radical (unpaired) electrons. The fourth-order valence-corrected chi connectivity index (χ4v) is 3.86. The van der Waals surface area contributed by atoms with Gasteiger partial charge in [-0.15, -0.1) is 10.2 Å². The summed E-state index contributed by atoms with van der Waals surface area (Å²) in [7, 11) is -3.65. The molecule has 1 aromatic carbocycles. The summed E-state index contributed by atoms with van der Waals surface area (Å²) in [6, 6.07) is 10.1. The first-order valence-corrected chi connectivity index (χ1v) is 11.0. The van der Waals surface area contributed by atoms with E-state index in [2.05, 4.69) is 20.2 Å². The molecule has 0 aliphatic heterocycles. The Morgan fingerprint density at radius 2 is 2.00 bits per heavy atom. The summed E-state index contributed by atoms with van der Waals surface area (Å²) in [5, 5.41) is 10.7. The third-order valence-electron chi connectivity index (χ3n) is 4.64. The average Bonchev–Trinajstić information content (AvgIpc) is 3.25. The third kappa shape index (κ3) is 5.02. The first-order chi connectivity index (χ1) is 14.5. The summed E-state index contributed by atoms with van der Waals surface area (Å²) in [6.07, 6.45) is 8.42. The van der Waals surface area contributed by atoms with E-state index in [4.69, 9.17) is 4.42 Å². The van der Waals surface area contributed by atoms with Crippen molar-refractivity contribution in [2.45, 2.75) is 36.9 Å². The lowest BCUT2D eigenvalue weighted by atomic mass is 10.2. The Balaban J connectivity index is 1.30. The van der Waals surface area contributed by atoms with Crippen LogP contribution in [0.15, 0.2) is 64.4 Å². The Bertz CT molecular complexity index is 1130. The van der Waals surface area contributed by atoms with Crippen LogP contribution in [0.5, 0.6) is 0 Å². The molecule has 3 aromatic rings. The fourth-order valence-electron chi connectivity index (χ4n) is 2.87. The predicted molar refractivity (Wildman–Crippen MR) is 108 cm³/mol. The van der Waals surface area contributed by atoms with E-state index in [1.54, 1.807) is 36.7 Å². The second-order valence-electron chi connectivity index (χ2n) is 6.91. The molecule has 1 saturated carbocycles. The van der Waals surface area contributed by atoms with E-state index in [1.165, 1.54) is 24.5 Å². The number of benzene rings is 1. The van der Waals surface area contributed by atoms with Gasteiger partial charge < -0.3 is 14.3 Å². The Labute approximate surface area is 173 Å². The number of carbonyl (C=O) groups excluding carboxylic acids is 1. The monoisotopic (exact) mass is 427 g/mol. The first-order valence-electron chi connectivity index (χ1n) is 9.48. The van der Waals surface area contributed by atoms with Crippen LogP contribution in [0.4, 0.5) is 0 Å². The van der Waals surface area contributed by atoms with Crippen LogP contribution in [0, 0.1) is 0 Å². The minimum absolute atomic E-state index is 0.0751. The molecule has 1 amide bonds. The van der Waals surface area contributed by atoms with Gasteiger partial charge in [-0.25, -0.2) is 13.1 Å². The lowest BCUT2D eigenvalue weighted by molar-refractivity contribution is -0.116. The molecule has 0 spiro atoms. The zero-order chi connectivity index (χ0) is 21.0. The van der Waals surface area contributed by atoms with Gasteiger partial charge in [-0.05, 0) is 48.7 Å². The van der Waals surface area contributed by atoms with E-state index in [1.807, 2.05) is 4.57 Å². The smallest absolute Gasteiger partial charge is 0.244 e. The second kappa shape index (κ2) is 8.64. The van der Waals surface area contributed by atoms with Gasteiger partial charge in [0.15, 0.2) is 5.82 Å². The number of nitrogens with one attached hydrogen (secondary N) is 2. The molecule has 0 saturated heterocycles. The summed E-state index contributed by atoms with van der Waals surface area (Å²) >= 11 is 0. The Hall–Kier alpha value is -3.24. The molecular formula is C20H21N5O4S. The molecule has 1 aliphatic carbocycles. The molecule has 156 valence electrons. The molecule has 9 nitrogen and oxygen atoms in total. The number of hydrogen-bond acceptors (Lipinski definition) is 6. The van der Waals surface area contributed by atoms with Gasteiger partial charge in [0.25, 0.3) is 0 Å². The minimum atomic E-state index is -3.65. The summed E-state index contributed by atoms with van der Waals surface area (Å²) < 4.78 is 34.3. The first kappa shape index (κ1) is 20.0. The molecule has 0 atom stereocenters. The quantitative estimate of drug-likeness (QED) is 0.504. The van der Waals surface area contributed by atoms with Crippen LogP contribution < -0.4 is 10.0 Å². The molecule has 2 heterocycles. The highest BCUT2D eigenvalue weighted by Gasteiger charge is 2.25. The van der Waals surface area contributed by atoms with Gasteiger partial charge in [-0.3, -0.25) is 4.79 Å². The van der Waals surface area contributed by atoms with Gasteiger partial charge >= 0.3 is 0 Å². The number of rotatable bonds is 9. The zero-order valence-corrected chi connectivity index (χ0v) is 16.9. The predicted octanol–water partition coefficient (Wildman–Crippen LogP) is 2.01. The number of furan rings is 1. The molecule has 2 N–H and O–H groups in total. The summed E-state index contributed by atoms with van der Waals surface area (Å²) in [4.78, 5) is 12.2. The van der Waals surface area contributed by atoms with Crippen LogP contribution in [0.2, 0.25) is 0 Å². The normalized spacial score (nSPS) is 14.3. The van der Waals surface area contributed by atoms with Crippen LogP contribution in [0.3, 0.4) is 0 Å². The highest BCUT2D eigenvalue weighted by molar-refractivity contribution is 7.89. The van der Waals surface area contributed by atoms with Gasteiger partial charge in [0.1, 0.15) is 12.1 Å². The van der Waals surface area contributed by atoms with Crippen molar-refractivity contribution < 1.29 is 17.6 Å². The van der Waals surface area contributed by atoms with Crippen molar-refractivity contribution in [2.75, 3.05) is 0 Å². The summed E-state index contributed by atoms with van der Waals surface area (Å²) in [6.45, 7) is 0.379. The number of sulfonamides is 1. The molecular weight excluding hydrogens is 406 g/mol. The molecule has 0 bridgehead atoms. The number of amides is 1. The van der Waals surface area contributed by atoms with Gasteiger partial charge in [0.2, 0.25) is 15.9 Å². The van der Waals surface area contributed by atoms with E-state index < -0.39 is 10.0 Å². The second-order valence-corrected chi connectivity index (χ2v) is 8.68. The molecule has 4 rings (SSSR count). The standard InChI is InChI=1S/C20H21N5O4S/c26-20(21-13-19-24-22-14-25(19)16-6-7-16)10-5-15-3-8-18(9-4-15)30(27,28)23-12-17-2-1-11-29-17/h1-5,8-11,14,16,23H,6-7,12-13H2,(H,21,26)/b10-5+. The minimum Gasteiger partial charge on any atom is -0.468 e. The van der Waals surface area contributed by atoms with E-state index in [0.717, 1.165) is 18.7 Å². The largest absolute Gasteiger partial charge is 0.468 e. The highest BCUT2D eigenvalue weighted by Crippen LogP contribution is 2.35. The van der Waals surface area contributed by atoms with E-state index >= 15 is 0 Å². The lowest BCUT2D eigenvalue weighted by Crippen LogP contribution is -2.23. The van der Waals surface area contributed by atoms with Crippen molar-refractivity contribution >= 4 is 22.0 Å². The number of carbonyl (C=O) groups is 1. The maximum Gasteiger partial charge on any atom is 0.244 e. The SMILES string of the molecule is O=C(/C=C/c1ccc(S(=O)(=O)NCc2ccco2)cc1)NCc1nncn1C1CC1. The summed E-state index contributed by atoms with van der Waals surface area (Å²) in [5.41, 5.74) is 0.705. The van der Waals surface area contributed by atoms with Crippen molar-refractivity contribution in [1.29, 1.82) is 0 Å². The molecule has 1 fully saturated rings. The lowest BCUT2D eigenvalue weighted by Gasteiger charge is -2.06. The van der Waals surface area contributed by atoms with Crippen molar-refractivity contribution in [2.24, 2.45) is 0 Å². The van der Waals surface area contributed by atoms with Crippen LogP contribution >= 0.6 is 0 Å². The van der Waals surface area contributed by atoms with Crippen LogP contribution in [0.1, 0.15) is 36.0 Å². The van der Waals surface area contributed by atoms with Crippen LogP contribution in [0.25, 0.3) is 6.08 Å². The van der Waals surface area contributed by atoms with E-state index in [-0.39, 0.29) is 17.3 Å². The number of hydrogen-bond donors (Lipinski definition) is 2. The van der Waals surface area contributed by atoms with Gasteiger partial charge in [0.05, 0.1) is 24.2 Å². The maximum absolute atomic E-state index is 12.3. The topological polar surface area (TPSA) is 119 Å². The average molecular weight is 427 g/mol. The Morgan fingerprint density at radius 3 is 2.70 bits per heavy atom. The van der Waals surface area contributed by atoms with E-state index in [0.29, 0.717) is 23.9 Å². The van der Waals surface area contributed by atoms with Crippen molar-refractivity contribution in [3.05, 3.63) is 72.2 Å². The van der Waals surface area contributed by atoms with Crippen LogP contribution in [-0.2, 0) is 27.9 Å². The number of nitrogens with zero attached hydrogens (tertiary/aromatic N) is 3.